The summed E-state index contributed by atoms with van der Waals surface area (Å²) in [7, 11) is 0. The molecule has 0 N–H and O–H groups in total. The molecule has 78 valence electrons. The van der Waals surface area contributed by atoms with Crippen molar-refractivity contribution in [2.24, 2.45) is 5.92 Å². The van der Waals surface area contributed by atoms with Gasteiger partial charge in [-0.1, -0.05) is 0 Å². The molecule has 1 fully saturated rings. The maximum atomic E-state index is 11.1. The zero-order valence-electron chi connectivity index (χ0n) is 8.25. The Morgan fingerprint density at radius 2 is 1.93 bits per heavy atom. The fraction of sp³-hybridized carbons (Fsp3) is 0.700. The van der Waals surface area contributed by atoms with Crippen LogP contribution in [0.25, 0.3) is 0 Å². The molecule has 0 radical (unpaired) electrons. The van der Waals surface area contributed by atoms with E-state index < -0.39 is 0 Å². The predicted molar refractivity (Wildman–Crippen MR) is 48.6 cm³/mol. The molecule has 1 rings (SSSR count). The molecule has 0 unspecified atom stereocenters. The molecular formula is C10H14O4. The molecule has 14 heavy (non-hydrogen) atoms. The second kappa shape index (κ2) is 4.88. The van der Waals surface area contributed by atoms with Crippen molar-refractivity contribution in [3.05, 3.63) is 0 Å². The van der Waals surface area contributed by atoms with Crippen molar-refractivity contribution in [3.63, 3.8) is 0 Å². The van der Waals surface area contributed by atoms with Crippen molar-refractivity contribution < 1.29 is 19.1 Å². The van der Waals surface area contributed by atoms with E-state index in [1.165, 1.54) is 0 Å². The summed E-state index contributed by atoms with van der Waals surface area (Å²) >= 11 is 0. The van der Waals surface area contributed by atoms with Crippen LogP contribution in [0.1, 0.15) is 32.6 Å². The maximum absolute atomic E-state index is 11.1. The summed E-state index contributed by atoms with van der Waals surface area (Å²) in [5.74, 6) is -0.575. The molecule has 4 heteroatoms. The first-order valence-corrected chi connectivity index (χ1v) is 4.80. The van der Waals surface area contributed by atoms with Gasteiger partial charge in [0.05, 0.1) is 13.0 Å². The quantitative estimate of drug-likeness (QED) is 0.499. The van der Waals surface area contributed by atoms with Crippen LogP contribution in [0.2, 0.25) is 0 Å². The highest BCUT2D eigenvalue weighted by atomic mass is 16.5. The predicted octanol–water partition coefficient (Wildman–Crippen LogP) is 0.878. The van der Waals surface area contributed by atoms with Crippen LogP contribution in [-0.2, 0) is 19.1 Å². The minimum atomic E-state index is -0.319. The van der Waals surface area contributed by atoms with Gasteiger partial charge in [0.25, 0.3) is 0 Å². The zero-order chi connectivity index (χ0) is 10.6. The molecule has 0 spiro atoms. The third-order valence-corrected chi connectivity index (χ3v) is 2.19. The lowest BCUT2D eigenvalue weighted by Gasteiger charge is -2.18. The summed E-state index contributed by atoms with van der Waals surface area (Å²) in [4.78, 5) is 33.2. The maximum Gasteiger partial charge on any atom is 0.306 e. The first kappa shape index (κ1) is 10.9. The van der Waals surface area contributed by atoms with E-state index in [2.05, 4.69) is 0 Å². The zero-order valence-corrected chi connectivity index (χ0v) is 8.25. The number of rotatable bonds is 3. The van der Waals surface area contributed by atoms with Gasteiger partial charge in [0, 0.05) is 19.3 Å². The summed E-state index contributed by atoms with van der Waals surface area (Å²) < 4.78 is 4.75. The molecule has 0 aliphatic heterocycles. The van der Waals surface area contributed by atoms with E-state index in [1.807, 2.05) is 0 Å². The van der Waals surface area contributed by atoms with E-state index in [9.17, 15) is 14.4 Å². The standard InChI is InChI=1S/C10H14O4/c1-2-14-10(13)5-7-3-8(11)6-9(12)4-7/h7H,2-6H2,1H3. The molecule has 1 saturated carbocycles. The van der Waals surface area contributed by atoms with Crippen molar-refractivity contribution >= 4 is 17.5 Å². The first-order valence-electron chi connectivity index (χ1n) is 4.80. The van der Waals surface area contributed by atoms with Gasteiger partial charge in [0.1, 0.15) is 11.6 Å². The fourth-order valence-electron chi connectivity index (χ4n) is 1.68. The summed E-state index contributed by atoms with van der Waals surface area (Å²) in [6, 6.07) is 0. The van der Waals surface area contributed by atoms with Crippen molar-refractivity contribution in [3.8, 4) is 0 Å². The Morgan fingerprint density at radius 1 is 1.36 bits per heavy atom. The molecule has 0 atom stereocenters. The largest absolute Gasteiger partial charge is 0.466 e. The molecule has 0 bridgehead atoms. The lowest BCUT2D eigenvalue weighted by Crippen LogP contribution is -2.25. The van der Waals surface area contributed by atoms with Gasteiger partial charge in [0.2, 0.25) is 0 Å². The number of ketones is 2. The normalized spacial score (nSPS) is 18.4. The van der Waals surface area contributed by atoms with Gasteiger partial charge < -0.3 is 4.74 Å². The van der Waals surface area contributed by atoms with Crippen LogP contribution in [-0.4, -0.2) is 24.1 Å². The molecule has 0 amide bonds. The first-order chi connectivity index (χ1) is 6.61. The van der Waals surface area contributed by atoms with Crippen LogP contribution in [0.3, 0.4) is 0 Å². The average molecular weight is 198 g/mol. The molecule has 0 aromatic heterocycles. The summed E-state index contributed by atoms with van der Waals surface area (Å²) in [5.41, 5.74) is 0. The van der Waals surface area contributed by atoms with Crippen molar-refractivity contribution in [1.82, 2.24) is 0 Å². The topological polar surface area (TPSA) is 60.4 Å². The minimum absolute atomic E-state index is 0.0410. The number of esters is 1. The Hall–Kier alpha value is -1.19. The van der Waals surface area contributed by atoms with Crippen LogP contribution in [0.5, 0.6) is 0 Å². The van der Waals surface area contributed by atoms with Crippen LogP contribution < -0.4 is 0 Å². The monoisotopic (exact) mass is 198 g/mol. The summed E-state index contributed by atoms with van der Waals surface area (Å²) in [6.45, 7) is 2.07. The molecule has 0 saturated heterocycles. The number of carbonyl (C=O) groups is 3. The molecule has 0 aromatic rings. The molecule has 4 nitrogen and oxygen atoms in total. The van der Waals surface area contributed by atoms with Crippen LogP contribution in [0.4, 0.5) is 0 Å². The Labute approximate surface area is 82.6 Å². The van der Waals surface area contributed by atoms with E-state index in [-0.39, 0.29) is 36.3 Å². The molecule has 1 aliphatic carbocycles. The van der Waals surface area contributed by atoms with Crippen molar-refractivity contribution in [1.29, 1.82) is 0 Å². The minimum Gasteiger partial charge on any atom is -0.466 e. The SMILES string of the molecule is CCOC(=O)CC1CC(=O)CC(=O)C1. The lowest BCUT2D eigenvalue weighted by molar-refractivity contribution is -0.144. The number of carbonyl (C=O) groups excluding carboxylic acids is 3. The van der Waals surface area contributed by atoms with Crippen LogP contribution in [0.15, 0.2) is 0 Å². The Morgan fingerprint density at radius 3 is 2.43 bits per heavy atom. The molecule has 1 aliphatic rings. The van der Waals surface area contributed by atoms with Crippen molar-refractivity contribution in [2.45, 2.75) is 32.6 Å². The van der Waals surface area contributed by atoms with Gasteiger partial charge in [-0.2, -0.15) is 0 Å². The number of hydrogen-bond acceptors (Lipinski definition) is 4. The second-order valence-electron chi connectivity index (χ2n) is 3.54. The highest BCUT2D eigenvalue weighted by Gasteiger charge is 2.27. The average Bonchev–Trinajstić information content (AvgIpc) is 2.01. The molecule has 0 heterocycles. The number of hydrogen-bond donors (Lipinski definition) is 0. The number of Topliss-reactive ketones (excluding diaryl/α,β-unsaturated/α-hetero) is 2. The highest BCUT2D eigenvalue weighted by Crippen LogP contribution is 2.22. The van der Waals surface area contributed by atoms with Gasteiger partial charge in [0.15, 0.2) is 0 Å². The third kappa shape index (κ3) is 3.28. The smallest absolute Gasteiger partial charge is 0.306 e. The van der Waals surface area contributed by atoms with E-state index in [0.29, 0.717) is 19.4 Å². The molecule has 0 aromatic carbocycles. The van der Waals surface area contributed by atoms with Crippen LogP contribution >= 0.6 is 0 Å². The highest BCUT2D eigenvalue weighted by molar-refractivity contribution is 6.01. The lowest BCUT2D eigenvalue weighted by atomic mass is 9.85. The van der Waals surface area contributed by atoms with Gasteiger partial charge in [-0.05, 0) is 12.8 Å². The molecular weight excluding hydrogens is 184 g/mol. The van der Waals surface area contributed by atoms with E-state index in [4.69, 9.17) is 4.74 Å². The fourth-order valence-corrected chi connectivity index (χ4v) is 1.68. The number of ether oxygens (including phenoxy) is 1. The Balaban J connectivity index is 2.40. The third-order valence-electron chi connectivity index (χ3n) is 2.19. The Kier molecular flexibility index (Phi) is 3.80. The Bertz CT molecular complexity index is 241. The summed E-state index contributed by atoms with van der Waals surface area (Å²) in [5, 5.41) is 0. The van der Waals surface area contributed by atoms with E-state index in [1.54, 1.807) is 6.92 Å². The van der Waals surface area contributed by atoms with E-state index in [0.717, 1.165) is 0 Å². The van der Waals surface area contributed by atoms with Gasteiger partial charge >= 0.3 is 5.97 Å². The van der Waals surface area contributed by atoms with E-state index >= 15 is 0 Å². The van der Waals surface area contributed by atoms with Gasteiger partial charge in [-0.15, -0.1) is 0 Å². The van der Waals surface area contributed by atoms with Gasteiger partial charge in [-0.3, -0.25) is 14.4 Å². The second-order valence-corrected chi connectivity index (χ2v) is 3.54. The van der Waals surface area contributed by atoms with Gasteiger partial charge in [-0.25, -0.2) is 0 Å². The van der Waals surface area contributed by atoms with Crippen molar-refractivity contribution in [2.75, 3.05) is 6.61 Å². The summed E-state index contributed by atoms with van der Waals surface area (Å²) in [6.07, 6.45) is 0.903. The van der Waals surface area contributed by atoms with Crippen LogP contribution in [0, 0.1) is 5.92 Å².